The molecule has 56 heavy (non-hydrogen) atoms. The Kier molecular flexibility index (Phi) is 8.59. The molecule has 4 nitrogen and oxygen atoms in total. The van der Waals surface area contributed by atoms with Gasteiger partial charge in [-0.05, 0) is 123 Å². The number of nitrogens with zero attached hydrogens (tertiary/aromatic N) is 4. The van der Waals surface area contributed by atoms with Crippen molar-refractivity contribution < 1.29 is 0 Å². The van der Waals surface area contributed by atoms with Gasteiger partial charge in [-0.2, -0.15) is 0 Å². The monoisotopic (exact) mass is 756 g/mol. The van der Waals surface area contributed by atoms with Crippen LogP contribution in [0.25, 0.3) is 0 Å². The van der Waals surface area contributed by atoms with Crippen LogP contribution in [0.4, 0.5) is 51.2 Å². The average molecular weight is 757 g/mol. The quantitative estimate of drug-likeness (QED) is 0.168. The summed E-state index contributed by atoms with van der Waals surface area (Å²) in [6.07, 6.45) is 4.85. The smallest absolute Gasteiger partial charge is 0.116 e. The fourth-order valence-electron chi connectivity index (χ4n) is 10.2. The molecule has 0 saturated heterocycles. The van der Waals surface area contributed by atoms with Gasteiger partial charge in [-0.1, -0.05) is 125 Å². The number of rotatable bonds is 6. The van der Waals surface area contributed by atoms with Crippen LogP contribution in [0.15, 0.2) is 146 Å². The zero-order valence-electron chi connectivity index (χ0n) is 33.9. The first-order chi connectivity index (χ1) is 26.8. The average Bonchev–Trinajstić information content (AvgIpc) is 3.56. The summed E-state index contributed by atoms with van der Waals surface area (Å²) in [5.74, 6) is 0. The number of benzene rings is 6. The van der Waals surface area contributed by atoms with Crippen molar-refractivity contribution in [2.45, 2.75) is 96.2 Å². The molecule has 6 aromatic rings. The Balaban J connectivity index is 1.25. The van der Waals surface area contributed by atoms with Gasteiger partial charge in [-0.25, -0.2) is 0 Å². The Morgan fingerprint density at radius 1 is 0.536 bits per heavy atom. The summed E-state index contributed by atoms with van der Waals surface area (Å²) in [7, 11) is 0. The SMILES string of the molecule is CC(C)(C)c1cc(N(c2ccccc2)c2cccc(N3c4ccccc4C4(C)CCCCC34C)c2)c(Cl)c(N2c3ccccc3N(c3ccccc3)C2(C)C)c1. The molecule has 1 aliphatic carbocycles. The van der Waals surface area contributed by atoms with Gasteiger partial charge in [0, 0.05) is 33.9 Å². The van der Waals surface area contributed by atoms with Crippen LogP contribution in [0.3, 0.4) is 0 Å². The minimum absolute atomic E-state index is 0.0402. The van der Waals surface area contributed by atoms with Crippen LogP contribution in [0.5, 0.6) is 0 Å². The predicted molar refractivity (Wildman–Crippen MR) is 239 cm³/mol. The van der Waals surface area contributed by atoms with E-state index in [9.17, 15) is 0 Å². The molecule has 0 bridgehead atoms. The molecule has 3 aliphatic rings. The van der Waals surface area contributed by atoms with Crippen molar-refractivity contribution >= 4 is 62.8 Å². The maximum atomic E-state index is 7.95. The second-order valence-corrected chi connectivity index (χ2v) is 18.3. The van der Waals surface area contributed by atoms with Crippen molar-refractivity contribution in [1.29, 1.82) is 0 Å². The van der Waals surface area contributed by atoms with Gasteiger partial charge in [0.05, 0.1) is 33.3 Å². The fraction of sp³-hybridized carbons (Fsp3) is 0.294. The minimum atomic E-state index is -0.481. The second-order valence-electron chi connectivity index (χ2n) is 17.9. The van der Waals surface area contributed by atoms with Crippen LogP contribution >= 0.6 is 11.6 Å². The molecule has 6 aromatic carbocycles. The van der Waals surface area contributed by atoms with Gasteiger partial charge >= 0.3 is 0 Å². The molecule has 2 heterocycles. The number of fused-ring (bicyclic) bond motifs is 4. The lowest BCUT2D eigenvalue weighted by molar-refractivity contribution is 0.195. The molecular formula is C51H53ClN4. The lowest BCUT2D eigenvalue weighted by atomic mass is 9.61. The van der Waals surface area contributed by atoms with Gasteiger partial charge in [-0.3, -0.25) is 0 Å². The normalized spacial score (nSPS) is 21.1. The Morgan fingerprint density at radius 2 is 1.11 bits per heavy atom. The number of anilines is 9. The third-order valence-corrected chi connectivity index (χ3v) is 13.6. The number of para-hydroxylation sites is 5. The lowest BCUT2D eigenvalue weighted by Gasteiger charge is -2.50. The molecular weight excluding hydrogens is 704 g/mol. The molecule has 284 valence electrons. The van der Waals surface area contributed by atoms with E-state index >= 15 is 0 Å². The van der Waals surface area contributed by atoms with Crippen LogP contribution in [-0.4, -0.2) is 11.2 Å². The van der Waals surface area contributed by atoms with Gasteiger partial charge in [0.1, 0.15) is 5.66 Å². The fourth-order valence-corrected chi connectivity index (χ4v) is 10.5. The van der Waals surface area contributed by atoms with E-state index in [0.717, 1.165) is 46.2 Å². The first-order valence-electron chi connectivity index (χ1n) is 20.3. The highest BCUT2D eigenvalue weighted by Gasteiger charge is 2.57. The second kappa shape index (κ2) is 13.2. The Labute approximate surface area is 339 Å². The number of hydrogen-bond donors (Lipinski definition) is 0. The van der Waals surface area contributed by atoms with Gasteiger partial charge in [0.25, 0.3) is 0 Å². The Hall–Kier alpha value is -5.19. The minimum Gasteiger partial charge on any atom is -0.334 e. The van der Waals surface area contributed by atoms with Crippen LogP contribution in [-0.2, 0) is 10.8 Å². The zero-order chi connectivity index (χ0) is 39.0. The highest BCUT2D eigenvalue weighted by Crippen LogP contribution is 2.61. The van der Waals surface area contributed by atoms with E-state index in [0.29, 0.717) is 5.02 Å². The van der Waals surface area contributed by atoms with Crippen LogP contribution in [0, 0.1) is 0 Å². The molecule has 1 fully saturated rings. The molecule has 0 N–H and O–H groups in total. The van der Waals surface area contributed by atoms with Gasteiger partial charge in [0.2, 0.25) is 0 Å². The molecule has 0 spiro atoms. The van der Waals surface area contributed by atoms with Crippen molar-refractivity contribution in [3.63, 3.8) is 0 Å². The maximum absolute atomic E-state index is 7.95. The topological polar surface area (TPSA) is 13.0 Å². The van der Waals surface area contributed by atoms with Crippen LogP contribution in [0.2, 0.25) is 5.02 Å². The van der Waals surface area contributed by atoms with Crippen LogP contribution < -0.4 is 19.6 Å². The molecule has 0 amide bonds. The summed E-state index contributed by atoms with van der Waals surface area (Å²) in [6.45, 7) is 16.5. The largest absolute Gasteiger partial charge is 0.334 e. The van der Waals surface area contributed by atoms with Gasteiger partial charge in [-0.15, -0.1) is 0 Å². The molecule has 2 aliphatic heterocycles. The Morgan fingerprint density at radius 3 is 1.80 bits per heavy atom. The highest BCUT2D eigenvalue weighted by molar-refractivity contribution is 6.36. The molecule has 9 rings (SSSR count). The van der Waals surface area contributed by atoms with Crippen molar-refractivity contribution in [3.05, 3.63) is 162 Å². The van der Waals surface area contributed by atoms with E-state index in [4.69, 9.17) is 11.6 Å². The van der Waals surface area contributed by atoms with E-state index in [1.165, 1.54) is 41.8 Å². The van der Waals surface area contributed by atoms with Gasteiger partial charge < -0.3 is 19.6 Å². The van der Waals surface area contributed by atoms with E-state index in [1.54, 1.807) is 0 Å². The summed E-state index contributed by atoms with van der Waals surface area (Å²) >= 11 is 7.95. The molecule has 5 heteroatoms. The summed E-state index contributed by atoms with van der Waals surface area (Å²) in [6, 6.07) is 53.1. The van der Waals surface area contributed by atoms with E-state index in [-0.39, 0.29) is 16.4 Å². The summed E-state index contributed by atoms with van der Waals surface area (Å²) < 4.78 is 0. The summed E-state index contributed by atoms with van der Waals surface area (Å²) in [4.78, 5) is 9.92. The molecule has 2 unspecified atom stereocenters. The van der Waals surface area contributed by atoms with Crippen molar-refractivity contribution in [2.75, 3.05) is 19.6 Å². The lowest BCUT2D eigenvalue weighted by Crippen LogP contribution is -2.54. The zero-order valence-corrected chi connectivity index (χ0v) is 34.6. The van der Waals surface area contributed by atoms with Gasteiger partial charge in [0.15, 0.2) is 0 Å². The summed E-state index contributed by atoms with van der Waals surface area (Å²) in [5, 5.41) is 0.711. The number of halogens is 1. The first kappa shape index (κ1) is 36.4. The molecule has 0 radical (unpaired) electrons. The van der Waals surface area contributed by atoms with E-state index < -0.39 is 5.66 Å². The molecule has 0 aromatic heterocycles. The predicted octanol–water partition coefficient (Wildman–Crippen LogP) is 14.9. The number of hydrogen-bond acceptors (Lipinski definition) is 4. The maximum Gasteiger partial charge on any atom is 0.116 e. The van der Waals surface area contributed by atoms with Crippen LogP contribution in [0.1, 0.15) is 85.3 Å². The van der Waals surface area contributed by atoms with Crippen molar-refractivity contribution in [2.24, 2.45) is 0 Å². The molecule has 2 atom stereocenters. The van der Waals surface area contributed by atoms with E-state index in [1.807, 2.05) is 0 Å². The first-order valence-corrected chi connectivity index (χ1v) is 20.7. The Bertz CT molecular complexity index is 2420. The third kappa shape index (κ3) is 5.47. The molecule has 1 saturated carbocycles. The third-order valence-electron chi connectivity index (χ3n) is 13.2. The van der Waals surface area contributed by atoms with Crippen molar-refractivity contribution in [1.82, 2.24) is 0 Å². The highest BCUT2D eigenvalue weighted by atomic mass is 35.5. The van der Waals surface area contributed by atoms with Crippen molar-refractivity contribution in [3.8, 4) is 0 Å². The standard InChI is InChI=1S/C51H53ClN4/c1-48(2,3)36-33-45(47(52)46(34-36)56-44-30-17-16-29-43(44)54(49(56,4)5)38-23-12-9-13-24-38)53(37-21-10-8-11-22-37)39-25-20-26-40(35-39)55-42-28-15-14-27-41(42)50(6)31-18-19-32-51(50,55)7/h8-17,20-30,33-35H,18-19,31-32H2,1-7H3. The summed E-state index contributed by atoms with van der Waals surface area (Å²) in [5.41, 5.74) is 12.1. The van der Waals surface area contributed by atoms with E-state index in [2.05, 4.69) is 214 Å².